The van der Waals surface area contributed by atoms with Gasteiger partial charge in [0.15, 0.2) is 0 Å². The number of hydrogen-bond donors (Lipinski definition) is 1. The Bertz CT molecular complexity index is 725. The molecule has 4 nitrogen and oxygen atoms in total. The lowest BCUT2D eigenvalue weighted by Gasteiger charge is -2.29. The first-order valence-electron chi connectivity index (χ1n) is 9.27. The van der Waals surface area contributed by atoms with E-state index in [0.717, 1.165) is 34.4 Å². The maximum Gasteiger partial charge on any atom is 0.258 e. The number of carbonyl (C=O) groups excluding carboxylic acids is 1. The molecule has 0 spiro atoms. The minimum atomic E-state index is 0.0390. The van der Waals surface area contributed by atoms with Gasteiger partial charge in [0, 0.05) is 37.4 Å². The molecule has 0 radical (unpaired) electrons. The zero-order valence-electron chi connectivity index (χ0n) is 16.2. The van der Waals surface area contributed by atoms with Gasteiger partial charge in [0.2, 0.25) is 0 Å². The van der Waals surface area contributed by atoms with Gasteiger partial charge in [-0.05, 0) is 41.3 Å². The van der Waals surface area contributed by atoms with Gasteiger partial charge in [-0.25, -0.2) is 0 Å². The summed E-state index contributed by atoms with van der Waals surface area (Å²) >= 11 is 0. The van der Waals surface area contributed by atoms with E-state index in [0.29, 0.717) is 13.2 Å². The molecule has 1 aliphatic rings. The molecule has 0 saturated heterocycles. The van der Waals surface area contributed by atoms with Crippen molar-refractivity contribution < 1.29 is 14.6 Å². The molecule has 4 heteroatoms. The van der Waals surface area contributed by atoms with E-state index in [2.05, 4.69) is 0 Å². The molecular weight excluding hydrogens is 326 g/mol. The Morgan fingerprint density at radius 2 is 1.85 bits per heavy atom. The zero-order chi connectivity index (χ0) is 19.1. The highest BCUT2D eigenvalue weighted by Gasteiger charge is 2.25. The SMILES string of the molecule is CC.COCc1ccc2c(c1)C(=O)N(c1ccc(C(C)CO)cc1)CC2. The molecule has 1 amide bonds. The molecule has 26 heavy (non-hydrogen) atoms. The molecular formula is C22H29NO3. The predicted molar refractivity (Wildman–Crippen MR) is 106 cm³/mol. The summed E-state index contributed by atoms with van der Waals surface area (Å²) in [6.07, 6.45) is 0.850. The molecule has 1 heterocycles. The van der Waals surface area contributed by atoms with Crippen LogP contribution in [0, 0.1) is 0 Å². The van der Waals surface area contributed by atoms with Gasteiger partial charge in [0.05, 0.1) is 6.61 Å². The minimum Gasteiger partial charge on any atom is -0.396 e. The van der Waals surface area contributed by atoms with Crippen molar-refractivity contribution in [3.63, 3.8) is 0 Å². The number of anilines is 1. The largest absolute Gasteiger partial charge is 0.396 e. The van der Waals surface area contributed by atoms with Crippen molar-refractivity contribution in [1.29, 1.82) is 0 Å². The maximum atomic E-state index is 12.9. The lowest BCUT2D eigenvalue weighted by molar-refractivity contribution is 0.0980. The van der Waals surface area contributed by atoms with Gasteiger partial charge in [-0.3, -0.25) is 4.79 Å². The summed E-state index contributed by atoms with van der Waals surface area (Å²) in [4.78, 5) is 14.7. The van der Waals surface area contributed by atoms with Crippen LogP contribution in [0.4, 0.5) is 5.69 Å². The second kappa shape index (κ2) is 9.51. The highest BCUT2D eigenvalue weighted by atomic mass is 16.5. The monoisotopic (exact) mass is 355 g/mol. The third kappa shape index (κ3) is 4.32. The van der Waals surface area contributed by atoms with E-state index in [9.17, 15) is 9.90 Å². The lowest BCUT2D eigenvalue weighted by atomic mass is 9.96. The van der Waals surface area contributed by atoms with Gasteiger partial charge >= 0.3 is 0 Å². The fourth-order valence-electron chi connectivity index (χ4n) is 3.11. The normalized spacial score (nSPS) is 14.3. The van der Waals surface area contributed by atoms with E-state index in [1.54, 1.807) is 7.11 Å². The van der Waals surface area contributed by atoms with E-state index in [-0.39, 0.29) is 18.4 Å². The van der Waals surface area contributed by atoms with Crippen LogP contribution in [0.3, 0.4) is 0 Å². The number of benzene rings is 2. The number of rotatable bonds is 5. The van der Waals surface area contributed by atoms with Gasteiger partial charge in [-0.15, -0.1) is 0 Å². The summed E-state index contributed by atoms with van der Waals surface area (Å²) in [5.41, 5.74) is 4.86. The third-order valence-electron chi connectivity index (χ3n) is 4.61. The van der Waals surface area contributed by atoms with Crippen LogP contribution in [0.2, 0.25) is 0 Å². The van der Waals surface area contributed by atoms with Crippen molar-refractivity contribution in [2.75, 3.05) is 25.2 Å². The third-order valence-corrected chi connectivity index (χ3v) is 4.61. The molecule has 0 fully saturated rings. The van der Waals surface area contributed by atoms with Crippen LogP contribution in [0.25, 0.3) is 0 Å². The molecule has 0 bridgehead atoms. The van der Waals surface area contributed by atoms with Crippen molar-refractivity contribution in [3.05, 3.63) is 64.7 Å². The van der Waals surface area contributed by atoms with E-state index in [1.165, 1.54) is 0 Å². The van der Waals surface area contributed by atoms with Crippen LogP contribution < -0.4 is 4.90 Å². The molecule has 1 unspecified atom stereocenters. The van der Waals surface area contributed by atoms with E-state index in [4.69, 9.17) is 4.74 Å². The van der Waals surface area contributed by atoms with Crippen molar-refractivity contribution >= 4 is 11.6 Å². The van der Waals surface area contributed by atoms with Gasteiger partial charge < -0.3 is 14.7 Å². The van der Waals surface area contributed by atoms with Crippen LogP contribution in [0.15, 0.2) is 42.5 Å². The predicted octanol–water partition coefficient (Wildman–Crippen LogP) is 4.16. The number of ether oxygens (including phenoxy) is 1. The second-order valence-corrected chi connectivity index (χ2v) is 6.31. The molecule has 1 atom stereocenters. The van der Waals surface area contributed by atoms with Crippen LogP contribution in [0.1, 0.15) is 53.7 Å². The maximum absolute atomic E-state index is 12.9. The average molecular weight is 355 g/mol. The number of fused-ring (bicyclic) bond motifs is 1. The van der Waals surface area contributed by atoms with Crippen LogP contribution in [-0.2, 0) is 17.8 Å². The molecule has 0 saturated carbocycles. The molecule has 2 aromatic rings. The summed E-state index contributed by atoms with van der Waals surface area (Å²) < 4.78 is 5.17. The Kier molecular flexibility index (Phi) is 7.37. The molecule has 0 aromatic heterocycles. The van der Waals surface area contributed by atoms with Crippen molar-refractivity contribution in [2.45, 2.75) is 39.7 Å². The van der Waals surface area contributed by atoms with Gasteiger partial charge in [0.25, 0.3) is 5.91 Å². The molecule has 3 rings (SSSR count). The Labute approximate surface area is 156 Å². The number of carbonyl (C=O) groups is 1. The highest BCUT2D eigenvalue weighted by molar-refractivity contribution is 6.08. The van der Waals surface area contributed by atoms with Crippen molar-refractivity contribution in [3.8, 4) is 0 Å². The quantitative estimate of drug-likeness (QED) is 0.876. The van der Waals surface area contributed by atoms with Crippen LogP contribution in [0.5, 0.6) is 0 Å². The number of aliphatic hydroxyl groups is 1. The fraction of sp³-hybridized carbons (Fsp3) is 0.409. The topological polar surface area (TPSA) is 49.8 Å². The van der Waals surface area contributed by atoms with E-state index < -0.39 is 0 Å². The fourth-order valence-corrected chi connectivity index (χ4v) is 3.11. The van der Waals surface area contributed by atoms with Gasteiger partial charge in [0.1, 0.15) is 0 Å². The Morgan fingerprint density at radius 3 is 2.46 bits per heavy atom. The minimum absolute atomic E-state index is 0.0390. The smallest absolute Gasteiger partial charge is 0.258 e. The average Bonchev–Trinajstić information content (AvgIpc) is 2.70. The number of hydrogen-bond acceptors (Lipinski definition) is 3. The van der Waals surface area contributed by atoms with Crippen LogP contribution >= 0.6 is 0 Å². The van der Waals surface area contributed by atoms with Gasteiger partial charge in [-0.1, -0.05) is 45.0 Å². The van der Waals surface area contributed by atoms with E-state index >= 15 is 0 Å². The molecule has 0 aliphatic carbocycles. The van der Waals surface area contributed by atoms with E-state index in [1.807, 2.05) is 68.1 Å². The first kappa shape index (κ1) is 20.1. The van der Waals surface area contributed by atoms with Crippen LogP contribution in [-0.4, -0.2) is 31.3 Å². The number of amides is 1. The summed E-state index contributed by atoms with van der Waals surface area (Å²) in [5, 5.41) is 9.25. The molecule has 2 aromatic carbocycles. The number of nitrogens with zero attached hydrogens (tertiary/aromatic N) is 1. The molecule has 140 valence electrons. The molecule has 1 aliphatic heterocycles. The summed E-state index contributed by atoms with van der Waals surface area (Å²) in [6, 6.07) is 13.9. The van der Waals surface area contributed by atoms with Gasteiger partial charge in [-0.2, -0.15) is 0 Å². The zero-order valence-corrected chi connectivity index (χ0v) is 16.2. The molecule has 1 N–H and O–H groups in total. The first-order valence-corrected chi connectivity index (χ1v) is 9.27. The van der Waals surface area contributed by atoms with Crippen molar-refractivity contribution in [1.82, 2.24) is 0 Å². The summed E-state index contributed by atoms with van der Waals surface area (Å²) in [7, 11) is 1.66. The van der Waals surface area contributed by atoms with Crippen molar-refractivity contribution in [2.24, 2.45) is 0 Å². The summed E-state index contributed by atoms with van der Waals surface area (Å²) in [5.74, 6) is 0.144. The lowest BCUT2D eigenvalue weighted by Crippen LogP contribution is -2.37. The standard InChI is InChI=1S/C20H23NO3.C2H6/c1-14(12-22)16-5-7-18(8-6-16)21-10-9-17-4-3-15(13-24-2)11-19(17)20(21)23;1-2/h3-8,11,14,22H,9-10,12-13H2,1-2H3;1-2H3. The Balaban J connectivity index is 0.00000117. The Hall–Kier alpha value is -2.17. The number of aliphatic hydroxyl groups excluding tert-OH is 1. The number of methoxy groups -OCH3 is 1. The summed E-state index contributed by atoms with van der Waals surface area (Å²) in [6.45, 7) is 7.30. The highest BCUT2D eigenvalue weighted by Crippen LogP contribution is 2.27. The second-order valence-electron chi connectivity index (χ2n) is 6.31. The Morgan fingerprint density at radius 1 is 1.15 bits per heavy atom. The first-order chi connectivity index (χ1) is 12.6.